The molecule has 1 aromatic heterocycles. The van der Waals surface area contributed by atoms with Gasteiger partial charge in [0.15, 0.2) is 0 Å². The quantitative estimate of drug-likeness (QED) is 0.603. The molecule has 0 unspecified atom stereocenters. The largest absolute Gasteiger partial charge is 0.507 e. The first-order valence-electron chi connectivity index (χ1n) is 10.1. The number of phenols is 1. The van der Waals surface area contributed by atoms with E-state index >= 15 is 0 Å². The number of nitrogens with one attached hydrogen (secondary N) is 2. The minimum atomic E-state index is -0.303. The van der Waals surface area contributed by atoms with Crippen molar-refractivity contribution in [2.45, 2.75) is 19.8 Å². The Morgan fingerprint density at radius 3 is 2.73 bits per heavy atom. The highest BCUT2D eigenvalue weighted by atomic mass is 16.3. The summed E-state index contributed by atoms with van der Waals surface area (Å²) in [5.74, 6) is -0.379. The normalized spacial score (nSPS) is 14.1. The first-order chi connectivity index (χ1) is 14.5. The first-order valence-corrected chi connectivity index (χ1v) is 10.1. The molecule has 3 N–H and O–H groups in total. The molecule has 3 aromatic rings. The van der Waals surface area contributed by atoms with Gasteiger partial charge in [0.2, 0.25) is 5.91 Å². The molecule has 0 atom stereocenters. The van der Waals surface area contributed by atoms with Crippen LogP contribution in [0.5, 0.6) is 5.75 Å². The number of anilines is 2. The number of carbonyl (C=O) groups is 2. The maximum Gasteiger partial charge on any atom is 0.261 e. The van der Waals surface area contributed by atoms with Gasteiger partial charge < -0.3 is 20.2 Å². The van der Waals surface area contributed by atoms with Crippen molar-refractivity contribution < 1.29 is 14.7 Å². The maximum atomic E-state index is 13.1. The minimum absolute atomic E-state index is 0.00480. The number of phenolic OH excluding ortho intramolecular Hbond substituents is 1. The molecule has 1 fully saturated rings. The summed E-state index contributed by atoms with van der Waals surface area (Å²) in [6.07, 6.45) is 1.74. The number of aromatic amines is 1. The molecule has 0 bridgehead atoms. The van der Waals surface area contributed by atoms with Gasteiger partial charge in [0.1, 0.15) is 5.75 Å². The van der Waals surface area contributed by atoms with Crippen LogP contribution < -0.4 is 15.1 Å². The van der Waals surface area contributed by atoms with Crippen molar-refractivity contribution in [1.82, 2.24) is 15.5 Å². The van der Waals surface area contributed by atoms with Crippen molar-refractivity contribution in [3.05, 3.63) is 47.7 Å². The topological polar surface area (TPSA) is 102 Å². The van der Waals surface area contributed by atoms with Gasteiger partial charge >= 0.3 is 0 Å². The molecular weight excluding hydrogens is 382 g/mol. The van der Waals surface area contributed by atoms with E-state index in [0.29, 0.717) is 24.3 Å². The third-order valence-corrected chi connectivity index (χ3v) is 5.42. The average molecular weight is 407 g/mol. The molecule has 156 valence electrons. The molecule has 2 aromatic carbocycles. The number of rotatable bonds is 5. The summed E-state index contributed by atoms with van der Waals surface area (Å²) < 4.78 is 0. The van der Waals surface area contributed by atoms with Gasteiger partial charge in [-0.05, 0) is 36.8 Å². The highest BCUT2D eigenvalue weighted by Crippen LogP contribution is 2.29. The number of aryl methyl sites for hydroxylation is 1. The number of fused-ring (bicyclic) bond motifs is 1. The van der Waals surface area contributed by atoms with E-state index in [2.05, 4.69) is 22.4 Å². The Hall–Kier alpha value is -3.55. The number of piperazine rings is 1. The monoisotopic (exact) mass is 407 g/mol. The predicted octanol–water partition coefficient (Wildman–Crippen LogP) is 2.43. The fourth-order valence-corrected chi connectivity index (χ4v) is 3.75. The number of carbonyl (C=O) groups excluding carboxylic acids is 2. The Bertz CT molecular complexity index is 1090. The zero-order chi connectivity index (χ0) is 21.3. The van der Waals surface area contributed by atoms with E-state index in [1.807, 2.05) is 29.2 Å². The molecule has 1 saturated heterocycles. The predicted molar refractivity (Wildman–Crippen MR) is 116 cm³/mol. The second-order valence-corrected chi connectivity index (χ2v) is 7.49. The molecule has 30 heavy (non-hydrogen) atoms. The van der Waals surface area contributed by atoms with Crippen molar-refractivity contribution in [2.75, 3.05) is 36.5 Å². The van der Waals surface area contributed by atoms with Crippen LogP contribution >= 0.6 is 0 Å². The molecule has 8 nitrogen and oxygen atoms in total. The number of hydrogen-bond acceptors (Lipinski definition) is 5. The molecule has 0 saturated carbocycles. The molecule has 2 amide bonds. The lowest BCUT2D eigenvalue weighted by Gasteiger charge is -2.29. The van der Waals surface area contributed by atoms with Crippen molar-refractivity contribution in [3.63, 3.8) is 0 Å². The van der Waals surface area contributed by atoms with Crippen LogP contribution in [0.15, 0.2) is 36.4 Å². The number of aromatic nitrogens is 2. The molecule has 8 heteroatoms. The van der Waals surface area contributed by atoms with Gasteiger partial charge in [-0.25, -0.2) is 0 Å². The molecule has 4 rings (SSSR count). The van der Waals surface area contributed by atoms with Gasteiger partial charge in [0.25, 0.3) is 5.91 Å². The van der Waals surface area contributed by atoms with Crippen LogP contribution in [-0.2, 0) is 11.2 Å². The molecule has 1 aliphatic heterocycles. The Kier molecular flexibility index (Phi) is 5.31. The third-order valence-electron chi connectivity index (χ3n) is 5.42. The second kappa shape index (κ2) is 8.06. The highest BCUT2D eigenvalue weighted by Gasteiger charge is 2.21. The lowest BCUT2D eigenvalue weighted by molar-refractivity contribution is -0.120. The molecule has 0 spiro atoms. The molecule has 1 aliphatic rings. The summed E-state index contributed by atoms with van der Waals surface area (Å²) in [7, 11) is 1.68. The number of benzene rings is 2. The number of nitrogens with zero attached hydrogens (tertiary/aromatic N) is 3. The minimum Gasteiger partial charge on any atom is -0.507 e. The van der Waals surface area contributed by atoms with Crippen LogP contribution in [-0.4, -0.2) is 53.8 Å². The van der Waals surface area contributed by atoms with Gasteiger partial charge in [0.05, 0.1) is 23.3 Å². The van der Waals surface area contributed by atoms with Crippen molar-refractivity contribution in [1.29, 1.82) is 0 Å². The van der Waals surface area contributed by atoms with E-state index in [4.69, 9.17) is 0 Å². The van der Waals surface area contributed by atoms with Crippen LogP contribution in [0.1, 0.15) is 29.4 Å². The molecule has 2 heterocycles. The number of hydrogen-bond donors (Lipinski definition) is 3. The Balaban J connectivity index is 1.58. The van der Waals surface area contributed by atoms with Gasteiger partial charge in [-0.2, -0.15) is 5.10 Å². The van der Waals surface area contributed by atoms with Crippen LogP contribution in [0.2, 0.25) is 0 Å². The summed E-state index contributed by atoms with van der Waals surface area (Å²) in [4.78, 5) is 28.2. The van der Waals surface area contributed by atoms with E-state index in [-0.39, 0.29) is 23.1 Å². The van der Waals surface area contributed by atoms with Gasteiger partial charge in [-0.3, -0.25) is 14.7 Å². The van der Waals surface area contributed by atoms with E-state index in [1.54, 1.807) is 19.2 Å². The van der Waals surface area contributed by atoms with Crippen LogP contribution in [0.4, 0.5) is 11.4 Å². The van der Waals surface area contributed by atoms with Crippen molar-refractivity contribution >= 4 is 34.1 Å². The number of aromatic hydroxyl groups is 1. The maximum absolute atomic E-state index is 13.1. The van der Waals surface area contributed by atoms with Crippen LogP contribution in [0.25, 0.3) is 10.9 Å². The van der Waals surface area contributed by atoms with Crippen LogP contribution in [0, 0.1) is 0 Å². The summed E-state index contributed by atoms with van der Waals surface area (Å²) in [6.45, 7) is 3.76. The fourth-order valence-electron chi connectivity index (χ4n) is 3.75. The van der Waals surface area contributed by atoms with Crippen molar-refractivity contribution in [2.24, 2.45) is 0 Å². The lowest BCUT2D eigenvalue weighted by Crippen LogP contribution is -2.47. The first kappa shape index (κ1) is 19.8. The van der Waals surface area contributed by atoms with Crippen molar-refractivity contribution in [3.8, 4) is 5.75 Å². The van der Waals surface area contributed by atoms with E-state index in [0.717, 1.165) is 36.2 Å². The third kappa shape index (κ3) is 3.68. The Morgan fingerprint density at radius 1 is 1.27 bits per heavy atom. The molecular formula is C22H25N5O3. The summed E-state index contributed by atoms with van der Waals surface area (Å²) in [5, 5.41) is 21.3. The summed E-state index contributed by atoms with van der Waals surface area (Å²) in [6, 6.07) is 10.7. The summed E-state index contributed by atoms with van der Waals surface area (Å²) >= 11 is 0. The second-order valence-electron chi connectivity index (χ2n) is 7.49. The Morgan fingerprint density at radius 2 is 2.03 bits per heavy atom. The van der Waals surface area contributed by atoms with E-state index in [9.17, 15) is 14.7 Å². The number of amides is 2. The highest BCUT2D eigenvalue weighted by molar-refractivity contribution is 6.09. The standard InChI is InChI=1S/C22H25N5O3/c1-3-4-18-16-11-17(20(28)12-19(16)25-24-18)22(30)26(2)14-5-7-15(8-6-14)27-10-9-23-21(29)13-27/h5-8,11-12,28H,3-4,9-10,13H2,1-2H3,(H,23,29)(H,24,25). The molecule has 0 radical (unpaired) electrons. The van der Waals surface area contributed by atoms with Gasteiger partial charge in [-0.15, -0.1) is 0 Å². The van der Waals surface area contributed by atoms with E-state index < -0.39 is 0 Å². The SMILES string of the molecule is CCCc1n[nH]c2cc(O)c(C(=O)N(C)c3ccc(N4CCNC(=O)C4)cc3)cc12. The zero-order valence-electron chi connectivity index (χ0n) is 17.1. The fraction of sp³-hybridized carbons (Fsp3) is 0.318. The smallest absolute Gasteiger partial charge is 0.261 e. The lowest BCUT2D eigenvalue weighted by atomic mass is 10.1. The van der Waals surface area contributed by atoms with Gasteiger partial charge in [0, 0.05) is 43.0 Å². The van der Waals surface area contributed by atoms with Gasteiger partial charge in [-0.1, -0.05) is 13.3 Å². The molecule has 0 aliphatic carbocycles. The van der Waals surface area contributed by atoms with E-state index in [1.165, 1.54) is 4.90 Å². The van der Waals surface area contributed by atoms with Crippen LogP contribution in [0.3, 0.4) is 0 Å². The zero-order valence-corrected chi connectivity index (χ0v) is 17.1. The average Bonchev–Trinajstić information content (AvgIpc) is 3.14. The Labute approximate surface area is 174 Å². The number of H-pyrrole nitrogens is 1. The summed E-state index contributed by atoms with van der Waals surface area (Å²) in [5.41, 5.74) is 3.47.